The van der Waals surface area contributed by atoms with Crippen LogP contribution in [0.15, 0.2) is 69.6 Å². The van der Waals surface area contributed by atoms with Crippen LogP contribution in [-0.4, -0.2) is 29.4 Å². The first-order valence-electron chi connectivity index (χ1n) is 10.1. The summed E-state index contributed by atoms with van der Waals surface area (Å²) in [6.07, 6.45) is 1.60. The fraction of sp³-hybridized carbons (Fsp3) is 0.208. The van der Waals surface area contributed by atoms with Crippen molar-refractivity contribution >= 4 is 23.4 Å². The molecule has 0 radical (unpaired) electrons. The van der Waals surface area contributed by atoms with Crippen molar-refractivity contribution < 1.29 is 19.4 Å². The Morgan fingerprint density at radius 3 is 2.69 bits per heavy atom. The largest absolute Gasteiger partial charge is 0.507 e. The van der Waals surface area contributed by atoms with Crippen LogP contribution >= 0.6 is 11.3 Å². The molecule has 0 fully saturated rings. The number of carbonyl (C=O) groups excluding carboxylic acids is 1. The lowest BCUT2D eigenvalue weighted by Gasteiger charge is -2.24. The lowest BCUT2D eigenvalue weighted by atomic mass is 9.96. The van der Waals surface area contributed by atoms with Gasteiger partial charge in [-0.1, -0.05) is 41.7 Å². The summed E-state index contributed by atoms with van der Waals surface area (Å²) in [4.78, 5) is 31.3. The van der Waals surface area contributed by atoms with Gasteiger partial charge in [-0.25, -0.2) is 9.79 Å². The minimum absolute atomic E-state index is 0.0274. The molecule has 1 atom stereocenters. The summed E-state index contributed by atoms with van der Waals surface area (Å²) in [5.41, 5.74) is 1.77. The highest BCUT2D eigenvalue weighted by Crippen LogP contribution is 2.30. The van der Waals surface area contributed by atoms with E-state index in [-0.39, 0.29) is 17.9 Å². The van der Waals surface area contributed by atoms with Crippen molar-refractivity contribution in [3.05, 3.63) is 90.6 Å². The summed E-state index contributed by atoms with van der Waals surface area (Å²) < 4.78 is 12.4. The Labute approximate surface area is 188 Å². The van der Waals surface area contributed by atoms with Gasteiger partial charge in [-0.05, 0) is 43.7 Å². The van der Waals surface area contributed by atoms with Gasteiger partial charge in [0.15, 0.2) is 4.80 Å². The molecule has 1 aliphatic heterocycles. The number of phenols is 1. The lowest BCUT2D eigenvalue weighted by Crippen LogP contribution is -2.39. The molecule has 7 nitrogen and oxygen atoms in total. The number of methoxy groups -OCH3 is 1. The average Bonchev–Trinajstić information content (AvgIpc) is 3.09. The number of allylic oxidation sites excluding steroid dienone is 1. The first-order chi connectivity index (χ1) is 15.4. The van der Waals surface area contributed by atoms with Gasteiger partial charge >= 0.3 is 5.97 Å². The lowest BCUT2D eigenvalue weighted by molar-refractivity contribution is -0.139. The van der Waals surface area contributed by atoms with E-state index < -0.39 is 12.0 Å². The first kappa shape index (κ1) is 21.6. The van der Waals surface area contributed by atoms with Crippen LogP contribution in [0.4, 0.5) is 0 Å². The number of ether oxygens (including phenoxy) is 2. The quantitative estimate of drug-likeness (QED) is 0.604. The molecule has 0 spiro atoms. The van der Waals surface area contributed by atoms with Gasteiger partial charge in [0.2, 0.25) is 0 Å². The monoisotopic (exact) mass is 450 g/mol. The van der Waals surface area contributed by atoms with Crippen molar-refractivity contribution in [3.63, 3.8) is 0 Å². The number of aromatic nitrogens is 1. The molecule has 4 rings (SSSR count). The number of rotatable bonds is 5. The summed E-state index contributed by atoms with van der Waals surface area (Å²) in [5, 5.41) is 10.2. The van der Waals surface area contributed by atoms with Gasteiger partial charge in [0.25, 0.3) is 5.56 Å². The zero-order valence-electron chi connectivity index (χ0n) is 17.9. The highest BCUT2D eigenvalue weighted by molar-refractivity contribution is 7.07. The SMILES string of the molecule is CCOC(=O)C1=C(C)N=c2s/c(=C\c3cc(OC)ccc3O)c(=O)n2[C@H]1c1ccccc1. The van der Waals surface area contributed by atoms with Gasteiger partial charge in [-0.15, -0.1) is 0 Å². The molecule has 2 aromatic carbocycles. The smallest absolute Gasteiger partial charge is 0.338 e. The van der Waals surface area contributed by atoms with Crippen LogP contribution in [0.1, 0.15) is 31.0 Å². The number of fused-ring (bicyclic) bond motifs is 1. The highest BCUT2D eigenvalue weighted by atomic mass is 32.1. The van der Waals surface area contributed by atoms with E-state index in [1.807, 2.05) is 30.3 Å². The van der Waals surface area contributed by atoms with Gasteiger partial charge in [-0.3, -0.25) is 9.36 Å². The van der Waals surface area contributed by atoms with Gasteiger partial charge in [0, 0.05) is 5.56 Å². The maximum absolute atomic E-state index is 13.5. The summed E-state index contributed by atoms with van der Waals surface area (Å²) in [7, 11) is 1.53. The molecular weight excluding hydrogens is 428 g/mol. The third-order valence-corrected chi connectivity index (χ3v) is 6.14. The van der Waals surface area contributed by atoms with Crippen molar-refractivity contribution in [2.45, 2.75) is 19.9 Å². The number of aromatic hydroxyl groups is 1. The van der Waals surface area contributed by atoms with E-state index in [4.69, 9.17) is 9.47 Å². The van der Waals surface area contributed by atoms with Gasteiger partial charge in [-0.2, -0.15) is 0 Å². The molecule has 0 aliphatic carbocycles. The van der Waals surface area contributed by atoms with E-state index in [1.54, 1.807) is 32.1 Å². The number of esters is 1. The zero-order valence-corrected chi connectivity index (χ0v) is 18.7. The predicted octanol–water partition coefficient (Wildman–Crippen LogP) is 2.51. The van der Waals surface area contributed by atoms with E-state index >= 15 is 0 Å². The van der Waals surface area contributed by atoms with Crippen molar-refractivity contribution in [3.8, 4) is 11.5 Å². The Morgan fingerprint density at radius 1 is 1.25 bits per heavy atom. The number of hydrogen-bond donors (Lipinski definition) is 1. The molecule has 164 valence electrons. The molecule has 0 saturated carbocycles. The minimum atomic E-state index is -0.660. The number of benzene rings is 2. The highest BCUT2D eigenvalue weighted by Gasteiger charge is 2.33. The molecular formula is C24H22N2O5S. The van der Waals surface area contributed by atoms with Gasteiger partial charge in [0.1, 0.15) is 11.5 Å². The normalized spacial score (nSPS) is 15.8. The standard InChI is InChI=1S/C24H22N2O5S/c1-4-31-23(29)20-14(2)25-24-26(21(20)15-8-6-5-7-9-15)22(28)19(32-24)13-16-12-17(30-3)10-11-18(16)27/h5-13,21,27H,4H2,1-3H3/b19-13-/t21-/m0/s1. The average molecular weight is 451 g/mol. The summed E-state index contributed by atoms with van der Waals surface area (Å²) >= 11 is 1.20. The molecule has 2 heterocycles. The molecule has 1 N–H and O–H groups in total. The molecule has 1 aliphatic rings. The molecule has 1 aromatic heterocycles. The second kappa shape index (κ2) is 8.84. The third kappa shape index (κ3) is 3.85. The Bertz CT molecular complexity index is 1390. The van der Waals surface area contributed by atoms with Crippen LogP contribution < -0.4 is 19.6 Å². The predicted molar refractivity (Wildman–Crippen MR) is 121 cm³/mol. The van der Waals surface area contributed by atoms with E-state index in [1.165, 1.54) is 29.1 Å². The fourth-order valence-corrected chi connectivity index (χ4v) is 4.70. The van der Waals surface area contributed by atoms with Crippen LogP contribution in [-0.2, 0) is 9.53 Å². The molecule has 8 heteroatoms. The Balaban J connectivity index is 1.96. The van der Waals surface area contributed by atoms with E-state index in [2.05, 4.69) is 4.99 Å². The first-order valence-corrected chi connectivity index (χ1v) is 10.9. The number of thiazole rings is 1. The van der Waals surface area contributed by atoms with E-state index in [0.29, 0.717) is 31.9 Å². The maximum Gasteiger partial charge on any atom is 0.338 e. The molecule has 0 unspecified atom stereocenters. The Hall–Kier alpha value is -3.65. The molecule has 0 amide bonds. The maximum atomic E-state index is 13.5. The zero-order chi connectivity index (χ0) is 22.8. The molecule has 0 bridgehead atoms. The van der Waals surface area contributed by atoms with Crippen LogP contribution in [0.25, 0.3) is 6.08 Å². The van der Waals surface area contributed by atoms with Gasteiger partial charge < -0.3 is 14.6 Å². The van der Waals surface area contributed by atoms with Crippen molar-refractivity contribution in [2.24, 2.45) is 4.99 Å². The van der Waals surface area contributed by atoms with Crippen molar-refractivity contribution in [1.82, 2.24) is 4.57 Å². The van der Waals surface area contributed by atoms with E-state index in [9.17, 15) is 14.7 Å². The number of hydrogen-bond acceptors (Lipinski definition) is 7. The van der Waals surface area contributed by atoms with Crippen LogP contribution in [0.5, 0.6) is 11.5 Å². The molecule has 0 saturated heterocycles. The fourth-order valence-electron chi connectivity index (χ4n) is 3.66. The summed E-state index contributed by atoms with van der Waals surface area (Å²) in [6.45, 7) is 3.70. The number of carbonyl (C=O) groups is 1. The minimum Gasteiger partial charge on any atom is -0.507 e. The van der Waals surface area contributed by atoms with Crippen LogP contribution in [0.2, 0.25) is 0 Å². The second-order valence-corrected chi connectivity index (χ2v) is 8.15. The van der Waals surface area contributed by atoms with E-state index in [0.717, 1.165) is 5.56 Å². The Morgan fingerprint density at radius 2 is 2.00 bits per heavy atom. The number of nitrogens with zero attached hydrogens (tertiary/aromatic N) is 2. The van der Waals surface area contributed by atoms with Crippen LogP contribution in [0, 0.1) is 0 Å². The second-order valence-electron chi connectivity index (χ2n) is 7.14. The third-order valence-electron chi connectivity index (χ3n) is 5.15. The van der Waals surface area contributed by atoms with Crippen molar-refractivity contribution in [2.75, 3.05) is 13.7 Å². The number of phenolic OH excluding ortho intramolecular Hbond substituents is 1. The Kier molecular flexibility index (Phi) is 5.96. The molecule has 3 aromatic rings. The van der Waals surface area contributed by atoms with Crippen LogP contribution in [0.3, 0.4) is 0 Å². The molecule has 32 heavy (non-hydrogen) atoms. The topological polar surface area (TPSA) is 90.1 Å². The summed E-state index contributed by atoms with van der Waals surface area (Å²) in [6, 6.07) is 13.5. The van der Waals surface area contributed by atoms with Crippen molar-refractivity contribution in [1.29, 1.82) is 0 Å². The van der Waals surface area contributed by atoms with Gasteiger partial charge in [0.05, 0.1) is 35.6 Å². The summed E-state index contributed by atoms with van der Waals surface area (Å²) in [5.74, 6) is 0.0893.